The molecule has 0 spiro atoms. The summed E-state index contributed by atoms with van der Waals surface area (Å²) in [5, 5.41) is 7.53. The van der Waals surface area contributed by atoms with Crippen LogP contribution in [0.5, 0.6) is 5.75 Å². The summed E-state index contributed by atoms with van der Waals surface area (Å²) in [6.45, 7) is 0.259. The van der Waals surface area contributed by atoms with Crippen LogP contribution in [0, 0.1) is 5.82 Å². The minimum absolute atomic E-state index is 0.0613. The third-order valence-electron chi connectivity index (χ3n) is 4.20. The Morgan fingerprint density at radius 2 is 2.00 bits per heavy atom. The molecule has 0 aliphatic rings. The summed E-state index contributed by atoms with van der Waals surface area (Å²) < 4.78 is 26.3. The third-order valence-corrected chi connectivity index (χ3v) is 4.73. The summed E-state index contributed by atoms with van der Waals surface area (Å²) in [4.78, 5) is 16.4. The number of benzene rings is 2. The second-order valence-corrected chi connectivity index (χ2v) is 7.28. The van der Waals surface area contributed by atoms with Gasteiger partial charge in [-0.15, -0.1) is 5.10 Å². The molecule has 0 bridgehead atoms. The van der Waals surface area contributed by atoms with Crippen LogP contribution in [0.25, 0.3) is 0 Å². The lowest BCUT2D eigenvalue weighted by atomic mass is 10.2. The Hall–Kier alpha value is -3.36. The Labute approximate surface area is 186 Å². The second-order valence-electron chi connectivity index (χ2n) is 6.44. The maximum absolute atomic E-state index is 13.8. The van der Waals surface area contributed by atoms with Crippen molar-refractivity contribution < 1.29 is 18.3 Å². The number of hydrogen-bond acceptors (Lipinski definition) is 5. The van der Waals surface area contributed by atoms with E-state index in [1.165, 1.54) is 23.1 Å². The van der Waals surface area contributed by atoms with Crippen LogP contribution in [0.3, 0.4) is 0 Å². The molecule has 0 atom stereocenters. The fraction of sp³-hybridized carbons (Fsp3) is 0.0952. The van der Waals surface area contributed by atoms with Crippen molar-refractivity contribution in [3.05, 3.63) is 93.9 Å². The minimum atomic E-state index is -0.528. The van der Waals surface area contributed by atoms with E-state index in [0.717, 1.165) is 0 Å². The predicted octanol–water partition coefficient (Wildman–Crippen LogP) is 5.20. The molecule has 158 valence electrons. The quantitative estimate of drug-likeness (QED) is 0.409. The van der Waals surface area contributed by atoms with E-state index >= 15 is 0 Å². The zero-order chi connectivity index (χ0) is 21.8. The van der Waals surface area contributed by atoms with Gasteiger partial charge < -0.3 is 9.15 Å². The number of nitrogens with one attached hydrogen (secondary N) is 1. The molecule has 0 saturated carbocycles. The fourth-order valence-electron chi connectivity index (χ4n) is 2.71. The summed E-state index contributed by atoms with van der Waals surface area (Å²) in [7, 11) is 0. The summed E-state index contributed by atoms with van der Waals surface area (Å²) in [6, 6.07) is 14.4. The van der Waals surface area contributed by atoms with Crippen LogP contribution in [0.15, 0.2) is 65.3 Å². The van der Waals surface area contributed by atoms with Crippen LogP contribution in [-0.2, 0) is 13.2 Å². The zero-order valence-corrected chi connectivity index (χ0v) is 17.4. The van der Waals surface area contributed by atoms with Crippen molar-refractivity contribution in [2.24, 2.45) is 0 Å². The number of hydrogen-bond donors (Lipinski definition) is 1. The SMILES string of the molecule is O=C(Nc1ncn(Cc2ccccc2F)n1)c1ccc(COc2ccc(Cl)cc2Cl)o1. The van der Waals surface area contributed by atoms with Gasteiger partial charge in [-0.05, 0) is 36.4 Å². The zero-order valence-electron chi connectivity index (χ0n) is 15.9. The molecule has 2 aromatic carbocycles. The number of amides is 1. The lowest BCUT2D eigenvalue weighted by Gasteiger charge is -2.06. The number of carbonyl (C=O) groups is 1. The number of ether oxygens (including phenoxy) is 1. The molecule has 2 aromatic heterocycles. The number of carbonyl (C=O) groups excluding carboxylic acids is 1. The van der Waals surface area contributed by atoms with Gasteiger partial charge in [-0.1, -0.05) is 41.4 Å². The largest absolute Gasteiger partial charge is 0.484 e. The molecule has 0 aliphatic carbocycles. The van der Waals surface area contributed by atoms with Gasteiger partial charge in [0.05, 0.1) is 11.6 Å². The van der Waals surface area contributed by atoms with Crippen LogP contribution in [0.2, 0.25) is 10.0 Å². The molecule has 0 aliphatic heterocycles. The average molecular weight is 461 g/mol. The van der Waals surface area contributed by atoms with E-state index in [4.69, 9.17) is 32.4 Å². The Bertz CT molecular complexity index is 1220. The van der Waals surface area contributed by atoms with Gasteiger partial charge in [0.1, 0.15) is 30.3 Å². The molecule has 0 fully saturated rings. The first-order valence-electron chi connectivity index (χ1n) is 9.09. The van der Waals surface area contributed by atoms with Crippen molar-refractivity contribution in [2.45, 2.75) is 13.2 Å². The first-order valence-corrected chi connectivity index (χ1v) is 9.84. The molecule has 0 radical (unpaired) electrons. The summed E-state index contributed by atoms with van der Waals surface area (Å²) in [5.41, 5.74) is 0.460. The van der Waals surface area contributed by atoms with E-state index < -0.39 is 5.91 Å². The monoisotopic (exact) mass is 460 g/mol. The van der Waals surface area contributed by atoms with Crippen molar-refractivity contribution >= 4 is 35.1 Å². The highest BCUT2D eigenvalue weighted by Gasteiger charge is 2.15. The van der Waals surface area contributed by atoms with Crippen molar-refractivity contribution in [1.82, 2.24) is 14.8 Å². The van der Waals surface area contributed by atoms with Crippen LogP contribution in [0.4, 0.5) is 10.3 Å². The van der Waals surface area contributed by atoms with Crippen LogP contribution < -0.4 is 10.1 Å². The normalized spacial score (nSPS) is 10.8. The minimum Gasteiger partial charge on any atom is -0.484 e. The van der Waals surface area contributed by atoms with Gasteiger partial charge >= 0.3 is 0 Å². The number of nitrogens with zero attached hydrogens (tertiary/aromatic N) is 3. The Morgan fingerprint density at radius 1 is 1.16 bits per heavy atom. The van der Waals surface area contributed by atoms with Gasteiger partial charge in [0, 0.05) is 10.6 Å². The first-order chi connectivity index (χ1) is 15.0. The van der Waals surface area contributed by atoms with Crippen molar-refractivity contribution in [3.63, 3.8) is 0 Å². The van der Waals surface area contributed by atoms with Crippen molar-refractivity contribution in [2.75, 3.05) is 5.32 Å². The molecule has 1 N–H and O–H groups in total. The van der Waals surface area contributed by atoms with E-state index in [0.29, 0.717) is 27.1 Å². The number of halogens is 3. The summed E-state index contributed by atoms with van der Waals surface area (Å²) >= 11 is 11.9. The van der Waals surface area contributed by atoms with Crippen molar-refractivity contribution in [3.8, 4) is 5.75 Å². The molecule has 31 heavy (non-hydrogen) atoms. The highest BCUT2D eigenvalue weighted by molar-refractivity contribution is 6.35. The molecule has 2 heterocycles. The van der Waals surface area contributed by atoms with E-state index in [9.17, 15) is 9.18 Å². The molecule has 10 heteroatoms. The average Bonchev–Trinajstić information content (AvgIpc) is 3.39. The molecule has 0 unspecified atom stereocenters. The summed E-state index contributed by atoms with van der Waals surface area (Å²) in [5.74, 6) is 0.134. The van der Waals surface area contributed by atoms with Crippen LogP contribution in [-0.4, -0.2) is 20.7 Å². The standard InChI is InChI=1S/C21H15Cl2FN4O3/c22-14-5-7-18(16(23)9-14)30-11-15-6-8-19(31-15)20(29)26-21-25-12-28(27-21)10-13-3-1-2-4-17(13)24/h1-9,12H,10-11H2,(H,26,27,29). The number of rotatable bonds is 7. The van der Waals surface area contributed by atoms with Gasteiger partial charge in [-0.2, -0.15) is 0 Å². The number of anilines is 1. The molecule has 4 aromatic rings. The molecular formula is C21H15Cl2FN4O3. The third kappa shape index (κ3) is 5.22. The molecular weight excluding hydrogens is 446 g/mol. The highest BCUT2D eigenvalue weighted by Crippen LogP contribution is 2.28. The fourth-order valence-corrected chi connectivity index (χ4v) is 3.17. The predicted molar refractivity (Wildman–Crippen MR) is 113 cm³/mol. The van der Waals surface area contributed by atoms with E-state index in [1.807, 2.05) is 0 Å². The lowest BCUT2D eigenvalue weighted by molar-refractivity contribution is 0.0991. The van der Waals surface area contributed by atoms with Gasteiger partial charge in [0.2, 0.25) is 5.95 Å². The van der Waals surface area contributed by atoms with Gasteiger partial charge in [-0.25, -0.2) is 14.1 Å². The maximum atomic E-state index is 13.8. The molecule has 0 saturated heterocycles. The molecule has 1 amide bonds. The van der Waals surface area contributed by atoms with E-state index in [-0.39, 0.29) is 30.7 Å². The maximum Gasteiger partial charge on any atom is 0.293 e. The van der Waals surface area contributed by atoms with Gasteiger partial charge in [-0.3, -0.25) is 10.1 Å². The highest BCUT2D eigenvalue weighted by atomic mass is 35.5. The van der Waals surface area contributed by atoms with Crippen molar-refractivity contribution in [1.29, 1.82) is 0 Å². The number of aromatic nitrogens is 3. The summed E-state index contributed by atoms with van der Waals surface area (Å²) in [6.07, 6.45) is 1.40. The number of furan rings is 1. The topological polar surface area (TPSA) is 82.2 Å². The molecule has 7 nitrogen and oxygen atoms in total. The Morgan fingerprint density at radius 3 is 2.81 bits per heavy atom. The van der Waals surface area contributed by atoms with E-state index in [1.54, 1.807) is 42.5 Å². The lowest BCUT2D eigenvalue weighted by Crippen LogP contribution is -2.12. The Kier molecular flexibility index (Phi) is 6.20. The van der Waals surface area contributed by atoms with E-state index in [2.05, 4.69) is 15.4 Å². The van der Waals surface area contributed by atoms with Gasteiger partial charge in [0.25, 0.3) is 5.91 Å². The Balaban J connectivity index is 1.35. The second kappa shape index (κ2) is 9.20. The first kappa shape index (κ1) is 20.9. The van der Waals surface area contributed by atoms with Crippen LogP contribution >= 0.6 is 23.2 Å². The smallest absolute Gasteiger partial charge is 0.293 e. The van der Waals surface area contributed by atoms with Crippen LogP contribution in [0.1, 0.15) is 21.9 Å². The molecule has 4 rings (SSSR count). The van der Waals surface area contributed by atoms with Gasteiger partial charge in [0.15, 0.2) is 5.76 Å².